The highest BCUT2D eigenvalue weighted by molar-refractivity contribution is 9.10. The van der Waals surface area contributed by atoms with Gasteiger partial charge in [-0.3, -0.25) is 24.8 Å². The molecule has 2 heterocycles. The highest BCUT2D eigenvalue weighted by Gasteiger charge is 2.39. The molecule has 2 N–H and O–H groups in total. The van der Waals surface area contributed by atoms with E-state index in [1.165, 1.54) is 24.6 Å². The van der Waals surface area contributed by atoms with Crippen molar-refractivity contribution in [2.45, 2.75) is 38.7 Å². The van der Waals surface area contributed by atoms with Gasteiger partial charge in [-0.25, -0.2) is 4.79 Å². The third-order valence-electron chi connectivity index (χ3n) is 3.27. The second kappa shape index (κ2) is 7.73. The SMILES string of the molecule is CC(=O)OC[C@H]1O[C@@H](n2cc(Br)c(NO)nc2=O)C[C@@H]1OC(C)=O. The van der Waals surface area contributed by atoms with Gasteiger partial charge in [-0.05, 0) is 15.9 Å². The van der Waals surface area contributed by atoms with Crippen molar-refractivity contribution in [2.24, 2.45) is 0 Å². The second-order valence-electron chi connectivity index (χ2n) is 5.05. The van der Waals surface area contributed by atoms with Crippen LogP contribution in [0.1, 0.15) is 26.5 Å². The molecule has 0 amide bonds. The first kappa shape index (κ1) is 18.4. The van der Waals surface area contributed by atoms with E-state index in [1.807, 2.05) is 0 Å². The molecule has 132 valence electrons. The zero-order valence-electron chi connectivity index (χ0n) is 12.9. The number of hydrogen-bond donors (Lipinski definition) is 2. The predicted molar refractivity (Wildman–Crippen MR) is 82.3 cm³/mol. The Morgan fingerprint density at radius 2 is 2.21 bits per heavy atom. The lowest BCUT2D eigenvalue weighted by molar-refractivity contribution is -0.155. The summed E-state index contributed by atoms with van der Waals surface area (Å²) >= 11 is 3.15. The lowest BCUT2D eigenvalue weighted by atomic mass is 10.2. The molecule has 0 radical (unpaired) electrons. The summed E-state index contributed by atoms with van der Waals surface area (Å²) in [5, 5.41) is 8.88. The van der Waals surface area contributed by atoms with Crippen LogP contribution in [-0.4, -0.2) is 45.5 Å². The van der Waals surface area contributed by atoms with Gasteiger partial charge in [0, 0.05) is 26.5 Å². The van der Waals surface area contributed by atoms with Crippen molar-refractivity contribution in [3.8, 4) is 0 Å². The largest absolute Gasteiger partial charge is 0.463 e. The van der Waals surface area contributed by atoms with Gasteiger partial charge in [0.25, 0.3) is 0 Å². The Kier molecular flexibility index (Phi) is 5.91. The summed E-state index contributed by atoms with van der Waals surface area (Å²) in [5.41, 5.74) is 1.12. The van der Waals surface area contributed by atoms with Crippen molar-refractivity contribution in [1.29, 1.82) is 0 Å². The molecule has 0 saturated carbocycles. The van der Waals surface area contributed by atoms with Gasteiger partial charge in [0.1, 0.15) is 25.0 Å². The van der Waals surface area contributed by atoms with Gasteiger partial charge in [0.05, 0.1) is 4.47 Å². The molecule has 24 heavy (non-hydrogen) atoms. The number of anilines is 1. The number of carbonyl (C=O) groups is 2. The summed E-state index contributed by atoms with van der Waals surface area (Å²) in [7, 11) is 0. The Bertz CT molecular complexity index is 693. The van der Waals surface area contributed by atoms with Gasteiger partial charge in [0.15, 0.2) is 5.82 Å². The van der Waals surface area contributed by atoms with E-state index in [-0.39, 0.29) is 18.8 Å². The van der Waals surface area contributed by atoms with E-state index >= 15 is 0 Å². The second-order valence-corrected chi connectivity index (χ2v) is 5.91. The zero-order valence-corrected chi connectivity index (χ0v) is 14.5. The van der Waals surface area contributed by atoms with E-state index in [4.69, 9.17) is 19.4 Å². The summed E-state index contributed by atoms with van der Waals surface area (Å²) < 4.78 is 17.3. The molecule has 1 aliphatic heterocycles. The van der Waals surface area contributed by atoms with Gasteiger partial charge >= 0.3 is 17.6 Å². The monoisotopic (exact) mass is 405 g/mol. The number of rotatable bonds is 5. The number of carbonyl (C=O) groups excluding carboxylic acids is 2. The molecule has 0 unspecified atom stereocenters. The van der Waals surface area contributed by atoms with Crippen molar-refractivity contribution < 1.29 is 29.0 Å². The fraction of sp³-hybridized carbons (Fsp3) is 0.538. The molecule has 1 aromatic heterocycles. The minimum absolute atomic E-state index is 0.0396. The van der Waals surface area contributed by atoms with Crippen LogP contribution < -0.4 is 11.2 Å². The standard InChI is InChI=1S/C13H16BrN3O7/c1-6(18)22-5-10-9(23-7(2)19)3-11(24-10)17-4-8(14)12(16-21)15-13(17)20/h4,9-11,21H,3,5H2,1-2H3,(H,15,16,20)/t9-,10+,11+/m0/s1. The zero-order chi connectivity index (χ0) is 17.9. The molecule has 0 bridgehead atoms. The maximum atomic E-state index is 12.0. The van der Waals surface area contributed by atoms with Crippen LogP contribution in [0.3, 0.4) is 0 Å². The molecule has 11 heteroatoms. The average Bonchev–Trinajstić information content (AvgIpc) is 2.88. The Morgan fingerprint density at radius 1 is 1.50 bits per heavy atom. The van der Waals surface area contributed by atoms with Gasteiger partial charge in [0.2, 0.25) is 0 Å². The van der Waals surface area contributed by atoms with Crippen molar-refractivity contribution in [3.05, 3.63) is 21.2 Å². The van der Waals surface area contributed by atoms with E-state index in [2.05, 4.69) is 20.9 Å². The molecule has 3 atom stereocenters. The predicted octanol–water partition coefficient (Wildman–Crippen LogP) is 0.589. The number of aromatic nitrogens is 2. The van der Waals surface area contributed by atoms with E-state index in [0.717, 1.165) is 0 Å². The molecular formula is C13H16BrN3O7. The number of nitrogens with zero attached hydrogens (tertiary/aromatic N) is 2. The van der Waals surface area contributed by atoms with Crippen LogP contribution in [0.25, 0.3) is 0 Å². The molecule has 1 fully saturated rings. The molecule has 0 aromatic carbocycles. The molecule has 0 aliphatic carbocycles. The van der Waals surface area contributed by atoms with Gasteiger partial charge in [-0.2, -0.15) is 4.98 Å². The summed E-state index contributed by atoms with van der Waals surface area (Å²) in [5.74, 6) is -1.05. The van der Waals surface area contributed by atoms with E-state index in [9.17, 15) is 14.4 Å². The lowest BCUT2D eigenvalue weighted by Crippen LogP contribution is -2.31. The van der Waals surface area contributed by atoms with Crippen LogP contribution in [0, 0.1) is 0 Å². The molecule has 0 spiro atoms. The maximum Gasteiger partial charge on any atom is 0.351 e. The first-order valence-electron chi connectivity index (χ1n) is 6.96. The van der Waals surface area contributed by atoms with E-state index < -0.39 is 36.1 Å². The van der Waals surface area contributed by atoms with E-state index in [0.29, 0.717) is 4.47 Å². The molecule has 1 aromatic rings. The molecule has 1 aliphatic rings. The van der Waals surface area contributed by atoms with E-state index in [1.54, 1.807) is 5.48 Å². The summed E-state index contributed by atoms with van der Waals surface area (Å²) in [4.78, 5) is 37.9. The van der Waals surface area contributed by atoms with Crippen LogP contribution in [0.5, 0.6) is 0 Å². The van der Waals surface area contributed by atoms with Crippen LogP contribution in [0.15, 0.2) is 15.5 Å². The van der Waals surface area contributed by atoms with Crippen LogP contribution in [0.4, 0.5) is 5.82 Å². The number of ether oxygens (including phenoxy) is 3. The smallest absolute Gasteiger partial charge is 0.351 e. The van der Waals surface area contributed by atoms with Crippen LogP contribution >= 0.6 is 15.9 Å². The van der Waals surface area contributed by atoms with Crippen molar-refractivity contribution >= 4 is 33.7 Å². The number of nitrogens with one attached hydrogen (secondary N) is 1. The van der Waals surface area contributed by atoms with Crippen LogP contribution in [-0.2, 0) is 23.8 Å². The molecular weight excluding hydrogens is 390 g/mol. The fourth-order valence-electron chi connectivity index (χ4n) is 2.29. The molecule has 1 saturated heterocycles. The Morgan fingerprint density at radius 3 is 2.79 bits per heavy atom. The Labute approximate surface area is 144 Å². The summed E-state index contributed by atoms with van der Waals surface area (Å²) in [6, 6.07) is 0. The average molecular weight is 406 g/mol. The quantitative estimate of drug-likeness (QED) is 0.533. The highest BCUT2D eigenvalue weighted by atomic mass is 79.9. The topological polar surface area (TPSA) is 129 Å². The van der Waals surface area contributed by atoms with Crippen molar-refractivity contribution in [1.82, 2.24) is 9.55 Å². The third kappa shape index (κ3) is 4.30. The Hall–Kier alpha value is -1.98. The third-order valence-corrected chi connectivity index (χ3v) is 3.85. The maximum absolute atomic E-state index is 12.0. The fourth-order valence-corrected chi connectivity index (χ4v) is 2.69. The number of esters is 2. The van der Waals surface area contributed by atoms with Crippen LogP contribution in [0.2, 0.25) is 0 Å². The van der Waals surface area contributed by atoms with Gasteiger partial charge in [-0.15, -0.1) is 0 Å². The summed E-state index contributed by atoms with van der Waals surface area (Å²) in [6.07, 6.45) is -0.570. The minimum Gasteiger partial charge on any atom is -0.463 e. The molecule has 2 rings (SSSR count). The first-order chi connectivity index (χ1) is 11.3. The Balaban J connectivity index is 2.22. The highest BCUT2D eigenvalue weighted by Crippen LogP contribution is 2.31. The first-order valence-corrected chi connectivity index (χ1v) is 7.76. The summed E-state index contributed by atoms with van der Waals surface area (Å²) in [6.45, 7) is 2.39. The van der Waals surface area contributed by atoms with Crippen molar-refractivity contribution in [2.75, 3.05) is 12.1 Å². The van der Waals surface area contributed by atoms with Gasteiger partial charge < -0.3 is 14.2 Å². The number of hydrogen-bond acceptors (Lipinski definition) is 9. The minimum atomic E-state index is -0.765. The van der Waals surface area contributed by atoms with Gasteiger partial charge in [-0.1, -0.05) is 0 Å². The normalized spacial score (nSPS) is 22.9. The lowest BCUT2D eigenvalue weighted by Gasteiger charge is -2.17. The molecule has 10 nitrogen and oxygen atoms in total. The number of halogens is 1. The van der Waals surface area contributed by atoms with Crippen molar-refractivity contribution in [3.63, 3.8) is 0 Å².